The number of carbonyl (C=O) groups is 1. The third-order valence-electron chi connectivity index (χ3n) is 4.59. The van der Waals surface area contributed by atoms with Gasteiger partial charge in [-0.3, -0.25) is 9.69 Å². The Labute approximate surface area is 150 Å². The summed E-state index contributed by atoms with van der Waals surface area (Å²) in [5.41, 5.74) is 0.591. The molecule has 0 N–H and O–H groups in total. The number of hydrogen-bond donors (Lipinski definition) is 0. The number of benzene rings is 1. The highest BCUT2D eigenvalue weighted by Gasteiger charge is 2.27. The summed E-state index contributed by atoms with van der Waals surface area (Å²) in [6.45, 7) is 6.34. The van der Waals surface area contributed by atoms with Gasteiger partial charge in [-0.1, -0.05) is 27.5 Å². The molecule has 0 spiro atoms. The number of nitrogens with zero attached hydrogens (tertiary/aromatic N) is 2. The second kappa shape index (κ2) is 7.97. The number of ether oxygens (including phenoxy) is 1. The highest BCUT2D eigenvalue weighted by molar-refractivity contribution is 9.10. The molecule has 0 aliphatic carbocycles. The Balaban J connectivity index is 1.63. The van der Waals surface area contributed by atoms with E-state index >= 15 is 0 Å². The number of carbonyl (C=O) groups excluding carboxylic acids is 1. The number of piperidine rings is 1. The minimum Gasteiger partial charge on any atom is -0.379 e. The summed E-state index contributed by atoms with van der Waals surface area (Å²) < 4.78 is 6.29. The molecule has 2 fully saturated rings. The highest BCUT2D eigenvalue weighted by atomic mass is 79.9. The minimum absolute atomic E-state index is 0.0444. The fourth-order valence-corrected chi connectivity index (χ4v) is 3.94. The summed E-state index contributed by atoms with van der Waals surface area (Å²) >= 11 is 9.63. The average Bonchev–Trinajstić information content (AvgIpc) is 2.57. The number of halogens is 2. The molecule has 0 aromatic heterocycles. The largest absolute Gasteiger partial charge is 0.379 e. The van der Waals surface area contributed by atoms with E-state index < -0.39 is 0 Å². The van der Waals surface area contributed by atoms with Crippen LogP contribution in [0.25, 0.3) is 0 Å². The molecular formula is C17H22BrClN2O2. The van der Waals surface area contributed by atoms with Crippen molar-refractivity contribution in [2.45, 2.75) is 12.8 Å². The zero-order valence-electron chi connectivity index (χ0n) is 13.1. The summed E-state index contributed by atoms with van der Waals surface area (Å²) in [6, 6.07) is 5.45. The quantitative estimate of drug-likeness (QED) is 0.779. The first-order valence-electron chi connectivity index (χ1n) is 8.18. The number of rotatable bonds is 3. The third kappa shape index (κ3) is 4.47. The van der Waals surface area contributed by atoms with Crippen LogP contribution in [0.2, 0.25) is 5.02 Å². The number of amides is 1. The van der Waals surface area contributed by atoms with Gasteiger partial charge in [-0.25, -0.2) is 0 Å². The van der Waals surface area contributed by atoms with Gasteiger partial charge in [0.15, 0.2) is 0 Å². The number of hydrogen-bond acceptors (Lipinski definition) is 3. The van der Waals surface area contributed by atoms with Crippen molar-refractivity contribution in [3.05, 3.63) is 33.3 Å². The van der Waals surface area contributed by atoms with Crippen LogP contribution in [-0.4, -0.2) is 61.6 Å². The van der Waals surface area contributed by atoms with Crippen LogP contribution in [0.3, 0.4) is 0 Å². The molecule has 2 aliphatic rings. The molecule has 3 rings (SSSR count). The maximum atomic E-state index is 12.8. The van der Waals surface area contributed by atoms with Crippen molar-refractivity contribution in [3.63, 3.8) is 0 Å². The third-order valence-corrected chi connectivity index (χ3v) is 5.41. The fourth-order valence-electron chi connectivity index (χ4n) is 3.38. The van der Waals surface area contributed by atoms with E-state index in [0.29, 0.717) is 16.5 Å². The normalized spacial score (nSPS) is 23.0. The van der Waals surface area contributed by atoms with Gasteiger partial charge >= 0.3 is 0 Å². The molecule has 0 radical (unpaired) electrons. The molecule has 2 heterocycles. The molecule has 0 bridgehead atoms. The van der Waals surface area contributed by atoms with Crippen molar-refractivity contribution >= 4 is 33.4 Å². The van der Waals surface area contributed by atoms with E-state index in [1.54, 1.807) is 6.07 Å². The lowest BCUT2D eigenvalue weighted by atomic mass is 9.96. The van der Waals surface area contributed by atoms with E-state index in [-0.39, 0.29) is 5.91 Å². The fraction of sp³-hybridized carbons (Fsp3) is 0.588. The summed E-state index contributed by atoms with van der Waals surface area (Å²) in [5, 5.41) is 0.522. The monoisotopic (exact) mass is 400 g/mol. The smallest absolute Gasteiger partial charge is 0.255 e. The molecular weight excluding hydrogens is 380 g/mol. The first kappa shape index (κ1) is 17.2. The van der Waals surface area contributed by atoms with Gasteiger partial charge in [0.2, 0.25) is 0 Å². The molecule has 1 atom stereocenters. The van der Waals surface area contributed by atoms with Gasteiger partial charge in [0.25, 0.3) is 5.91 Å². The van der Waals surface area contributed by atoms with Gasteiger partial charge < -0.3 is 9.64 Å². The van der Waals surface area contributed by atoms with Crippen LogP contribution in [0.5, 0.6) is 0 Å². The van der Waals surface area contributed by atoms with Gasteiger partial charge in [-0.05, 0) is 37.0 Å². The van der Waals surface area contributed by atoms with Crippen molar-refractivity contribution in [1.29, 1.82) is 0 Å². The Morgan fingerprint density at radius 1 is 1.30 bits per heavy atom. The Kier molecular flexibility index (Phi) is 5.96. The van der Waals surface area contributed by atoms with E-state index in [0.717, 1.165) is 56.8 Å². The van der Waals surface area contributed by atoms with Crippen LogP contribution in [0, 0.1) is 5.92 Å². The van der Waals surface area contributed by atoms with E-state index in [1.165, 1.54) is 6.42 Å². The molecule has 1 amide bonds. The maximum Gasteiger partial charge on any atom is 0.255 e. The van der Waals surface area contributed by atoms with Crippen molar-refractivity contribution in [2.24, 2.45) is 5.92 Å². The zero-order chi connectivity index (χ0) is 16.2. The lowest BCUT2D eigenvalue weighted by molar-refractivity contribution is 0.0224. The SMILES string of the molecule is O=C(c1cc(Br)ccc1Cl)N1CCCC(CN2CCOCC2)C1. The lowest BCUT2D eigenvalue weighted by Gasteiger charge is -2.37. The van der Waals surface area contributed by atoms with Crippen molar-refractivity contribution in [2.75, 3.05) is 45.9 Å². The number of morpholine rings is 1. The summed E-state index contributed by atoms with van der Waals surface area (Å²) in [5.74, 6) is 0.583. The topological polar surface area (TPSA) is 32.8 Å². The van der Waals surface area contributed by atoms with Crippen molar-refractivity contribution in [3.8, 4) is 0 Å². The first-order valence-corrected chi connectivity index (χ1v) is 9.35. The molecule has 2 saturated heterocycles. The molecule has 1 aromatic rings. The van der Waals surface area contributed by atoms with Crippen LogP contribution < -0.4 is 0 Å². The molecule has 0 saturated carbocycles. The second-order valence-electron chi connectivity index (χ2n) is 6.30. The minimum atomic E-state index is 0.0444. The van der Waals surface area contributed by atoms with Gasteiger partial charge in [0.05, 0.1) is 23.8 Å². The van der Waals surface area contributed by atoms with E-state index in [9.17, 15) is 4.79 Å². The van der Waals surface area contributed by atoms with Crippen LogP contribution in [0.15, 0.2) is 22.7 Å². The summed E-state index contributed by atoms with van der Waals surface area (Å²) in [4.78, 5) is 17.2. The predicted octanol–water partition coefficient (Wildman–Crippen LogP) is 3.29. The Hall–Kier alpha value is -0.620. The Morgan fingerprint density at radius 2 is 2.09 bits per heavy atom. The van der Waals surface area contributed by atoms with Crippen LogP contribution >= 0.6 is 27.5 Å². The van der Waals surface area contributed by atoms with E-state index in [4.69, 9.17) is 16.3 Å². The highest BCUT2D eigenvalue weighted by Crippen LogP contribution is 2.25. The molecule has 126 valence electrons. The Bertz CT molecular complexity index is 564. The molecule has 2 aliphatic heterocycles. The van der Waals surface area contributed by atoms with Crippen LogP contribution in [0.4, 0.5) is 0 Å². The summed E-state index contributed by atoms with van der Waals surface area (Å²) in [7, 11) is 0. The molecule has 4 nitrogen and oxygen atoms in total. The first-order chi connectivity index (χ1) is 11.1. The Morgan fingerprint density at radius 3 is 2.87 bits per heavy atom. The van der Waals surface area contributed by atoms with Gasteiger partial charge in [0, 0.05) is 37.2 Å². The van der Waals surface area contributed by atoms with Gasteiger partial charge in [-0.15, -0.1) is 0 Å². The van der Waals surface area contributed by atoms with E-state index in [1.807, 2.05) is 17.0 Å². The molecule has 1 unspecified atom stereocenters. The lowest BCUT2D eigenvalue weighted by Crippen LogP contribution is -2.46. The zero-order valence-corrected chi connectivity index (χ0v) is 15.5. The standard InChI is InChI=1S/C17H22BrClN2O2/c18-14-3-4-16(19)15(10-14)17(22)21-5-1-2-13(12-21)11-20-6-8-23-9-7-20/h3-4,10,13H,1-2,5-9,11-12H2. The van der Waals surface area contributed by atoms with Crippen molar-refractivity contribution in [1.82, 2.24) is 9.80 Å². The van der Waals surface area contributed by atoms with Crippen LogP contribution in [-0.2, 0) is 4.74 Å². The second-order valence-corrected chi connectivity index (χ2v) is 7.62. The molecule has 6 heteroatoms. The molecule has 1 aromatic carbocycles. The van der Waals surface area contributed by atoms with Gasteiger partial charge in [-0.2, -0.15) is 0 Å². The van der Waals surface area contributed by atoms with E-state index in [2.05, 4.69) is 20.8 Å². The average molecular weight is 402 g/mol. The van der Waals surface area contributed by atoms with Crippen LogP contribution in [0.1, 0.15) is 23.2 Å². The molecule has 23 heavy (non-hydrogen) atoms. The number of likely N-dealkylation sites (tertiary alicyclic amines) is 1. The van der Waals surface area contributed by atoms with Crippen molar-refractivity contribution < 1.29 is 9.53 Å². The van der Waals surface area contributed by atoms with Gasteiger partial charge in [0.1, 0.15) is 0 Å². The maximum absolute atomic E-state index is 12.8. The predicted molar refractivity (Wildman–Crippen MR) is 95.0 cm³/mol. The summed E-state index contributed by atoms with van der Waals surface area (Å²) in [6.07, 6.45) is 2.25.